The average Bonchev–Trinajstić information content (AvgIpc) is 3.18. The number of fused-ring (bicyclic) bond motifs is 3. The van der Waals surface area contributed by atoms with Crippen molar-refractivity contribution in [2.24, 2.45) is 0 Å². The van der Waals surface area contributed by atoms with Gasteiger partial charge in [0, 0.05) is 21.1 Å². The zero-order valence-corrected chi connectivity index (χ0v) is 29.4. The molecule has 7 heteroatoms. The van der Waals surface area contributed by atoms with Crippen LogP contribution in [0.4, 0.5) is 17.1 Å². The van der Waals surface area contributed by atoms with Crippen molar-refractivity contribution < 1.29 is 35.4 Å². The summed E-state index contributed by atoms with van der Waals surface area (Å²) in [6.45, 7) is 33.9. The Balaban J connectivity index is 0.000000882. The predicted molar refractivity (Wildman–Crippen MR) is 193 cm³/mol. The average molecular weight is 809 g/mol. The zero-order chi connectivity index (χ0) is 34.6. The fourth-order valence-corrected chi connectivity index (χ4v) is 7.09. The summed E-state index contributed by atoms with van der Waals surface area (Å²) in [5.41, 5.74) is 5.33. The molecule has 7 rings (SSSR count). The molecule has 0 atom stereocenters. The first-order valence-corrected chi connectivity index (χ1v) is 15.1. The van der Waals surface area contributed by atoms with Crippen molar-refractivity contribution in [2.75, 3.05) is 0 Å². The molecule has 1 aliphatic rings. The van der Waals surface area contributed by atoms with Crippen LogP contribution in [-0.4, -0.2) is 20.4 Å². The van der Waals surface area contributed by atoms with Crippen molar-refractivity contribution in [3.63, 3.8) is 0 Å². The van der Waals surface area contributed by atoms with E-state index in [0.29, 0.717) is 17.1 Å². The van der Waals surface area contributed by atoms with Crippen LogP contribution >= 0.6 is 0 Å². The molecule has 1 aliphatic carbocycles. The maximum absolute atomic E-state index is 8.06. The molecule has 0 saturated heterocycles. The maximum atomic E-state index is 8.06. The van der Waals surface area contributed by atoms with Gasteiger partial charge in [-0.05, 0) is 104 Å². The Kier molecular flexibility index (Phi) is 13.8. The van der Waals surface area contributed by atoms with Crippen LogP contribution in [0.25, 0.3) is 46.9 Å². The molecular weight excluding hydrogens is 778 g/mol. The Morgan fingerprint density at radius 1 is 0.408 bits per heavy atom. The third kappa shape index (κ3) is 7.88. The number of hydrogen-bond acceptors (Lipinski definition) is 3. The van der Waals surface area contributed by atoms with Crippen LogP contribution in [0.2, 0.25) is 0 Å². The summed E-state index contributed by atoms with van der Waals surface area (Å²) in [4.78, 5) is 35.2. The summed E-state index contributed by atoms with van der Waals surface area (Å²) in [6, 6.07) is 37.4. The third-order valence-electron chi connectivity index (χ3n) is 9.07. The number of rotatable bonds is 3. The van der Waals surface area contributed by atoms with E-state index < -0.39 is 0 Å². The Hall–Kier alpha value is -5.73. The van der Waals surface area contributed by atoms with Crippen molar-refractivity contribution >= 4 is 69.7 Å². The van der Waals surface area contributed by atoms with Crippen LogP contribution in [0.15, 0.2) is 109 Å². The molecule has 6 nitrogen and oxygen atoms in total. The minimum absolute atomic E-state index is 0. The van der Waals surface area contributed by atoms with E-state index >= 15 is 0 Å². The molecule has 0 radical (unpaired) electrons. The van der Waals surface area contributed by atoms with Crippen molar-refractivity contribution in [1.29, 1.82) is 0 Å². The quantitative estimate of drug-likeness (QED) is 0.132. The summed E-state index contributed by atoms with van der Waals surface area (Å²) in [7, 11) is 0. The second-order valence-corrected chi connectivity index (χ2v) is 11.4. The molecule has 1 fully saturated rings. The van der Waals surface area contributed by atoms with Crippen LogP contribution in [0.3, 0.4) is 0 Å². The van der Waals surface area contributed by atoms with Gasteiger partial charge in [-0.3, -0.25) is 20.4 Å². The maximum Gasteiger partial charge on any atom is 0.191 e. The molecule has 49 heavy (non-hydrogen) atoms. The Morgan fingerprint density at radius 2 is 0.612 bits per heavy atom. The topological polar surface area (TPSA) is 64.3 Å². The second-order valence-electron chi connectivity index (χ2n) is 11.4. The Morgan fingerprint density at radius 3 is 0.816 bits per heavy atom. The monoisotopic (exact) mass is 808 g/mol. The van der Waals surface area contributed by atoms with E-state index in [1.807, 2.05) is 54.6 Å². The second kappa shape index (κ2) is 18.0. The van der Waals surface area contributed by atoms with Crippen molar-refractivity contribution in [3.8, 4) is 0 Å². The van der Waals surface area contributed by atoms with E-state index in [4.69, 9.17) is 34.1 Å². The first-order valence-electron chi connectivity index (χ1n) is 15.1. The number of benzene rings is 6. The van der Waals surface area contributed by atoms with E-state index in [9.17, 15) is 0 Å². The van der Waals surface area contributed by atoms with E-state index in [1.54, 1.807) is 0 Å². The smallest absolute Gasteiger partial charge is 0.191 e. The van der Waals surface area contributed by atoms with Gasteiger partial charge in [-0.15, -0.1) is 0 Å². The normalized spacial score (nSPS) is 16.0. The Bertz CT molecular complexity index is 1960. The van der Waals surface area contributed by atoms with Crippen LogP contribution in [0, 0.1) is 19.7 Å². The van der Waals surface area contributed by atoms with E-state index in [-0.39, 0.29) is 38.8 Å². The van der Waals surface area contributed by atoms with Gasteiger partial charge in [0.2, 0.25) is 0 Å². The van der Waals surface area contributed by atoms with Gasteiger partial charge in [0.25, 0.3) is 0 Å². The first-order chi connectivity index (χ1) is 23.6. The first kappa shape index (κ1) is 37.7. The molecule has 0 spiro atoms. The molecule has 0 aliphatic heterocycles. The van der Waals surface area contributed by atoms with Crippen LogP contribution in [0.1, 0.15) is 53.7 Å². The summed E-state index contributed by atoms with van der Waals surface area (Å²) < 4.78 is 0. The fourth-order valence-electron chi connectivity index (χ4n) is 7.09. The van der Waals surface area contributed by atoms with Gasteiger partial charge in [0.1, 0.15) is 0 Å². The molecule has 6 aromatic rings. The molecule has 1 saturated carbocycles. The summed E-state index contributed by atoms with van der Waals surface area (Å²) >= 11 is 0. The van der Waals surface area contributed by atoms with E-state index in [2.05, 4.69) is 89.5 Å². The Labute approximate surface area is 301 Å². The van der Waals surface area contributed by atoms with Crippen LogP contribution < -0.4 is 0 Å². The molecule has 0 amide bonds. The van der Waals surface area contributed by atoms with E-state index in [1.165, 1.54) is 0 Å². The molecule has 0 bridgehead atoms. The predicted octanol–water partition coefficient (Wildman–Crippen LogP) is 10.8. The van der Waals surface area contributed by atoms with Crippen molar-refractivity contribution in [2.45, 2.75) is 37.0 Å². The van der Waals surface area contributed by atoms with Gasteiger partial charge in [-0.25, -0.2) is 14.5 Å². The van der Waals surface area contributed by atoms with Crippen LogP contribution in [0.5, 0.6) is 0 Å². The molecule has 0 aromatic heterocycles. The van der Waals surface area contributed by atoms with Gasteiger partial charge in [-0.1, -0.05) is 91.0 Å². The third-order valence-corrected chi connectivity index (χ3v) is 9.07. The molecule has 0 N–H and O–H groups in total. The zero-order valence-electron chi connectivity index (χ0n) is 26.5. The van der Waals surface area contributed by atoms with Crippen molar-refractivity contribution in [1.82, 2.24) is 0 Å². The van der Waals surface area contributed by atoms with Crippen LogP contribution in [-0.2, 0) is 35.4 Å². The van der Waals surface area contributed by atoms with Gasteiger partial charge >= 0.3 is 0 Å². The largest absolute Gasteiger partial charge is 0.545 e. The van der Waals surface area contributed by atoms with Gasteiger partial charge in [0.05, 0.1) is 19.7 Å². The minimum Gasteiger partial charge on any atom is -0.545 e. The molecular formula is C42H30N3O3W-3. The summed E-state index contributed by atoms with van der Waals surface area (Å²) in [5, 5.41) is 6.64. The van der Waals surface area contributed by atoms with Crippen molar-refractivity contribution in [3.05, 3.63) is 160 Å². The number of hydrogen-bond donors (Lipinski definition) is 0. The SMILES string of the molecule is [C-]#[N+]c1cc2ccccc2cc1C1CC(c2cc3ccccc3cc2[N+]#[C-])CC(c2cc3ccccc3cc2[N+]#[C-])C1.[CH-]=O.[CH-]=O.[CH-]=O.[W]. The minimum atomic E-state index is 0. The fraction of sp³-hybridized carbons (Fsp3) is 0.143. The molecule has 6 aromatic carbocycles. The van der Waals surface area contributed by atoms with E-state index in [0.717, 1.165) is 68.3 Å². The number of nitrogens with zero attached hydrogens (tertiary/aromatic N) is 3. The summed E-state index contributed by atoms with van der Waals surface area (Å²) in [5.74, 6) is 0.368. The summed E-state index contributed by atoms with van der Waals surface area (Å²) in [6.07, 6.45) is 2.58. The number of carbonyl (C=O) groups excluding carboxylic acids is 3. The van der Waals surface area contributed by atoms with Gasteiger partial charge in [0.15, 0.2) is 17.1 Å². The van der Waals surface area contributed by atoms with Gasteiger partial charge < -0.3 is 14.4 Å². The molecule has 240 valence electrons. The standard InChI is InChI=1S/C39H27N3.3CHO.W/c1-40-37-22-28-13-7-4-10-25(28)19-34(37)31-16-32(35-20-26-11-5-8-14-29(26)23-38(35)41-2)18-33(17-31)36-21-27-12-6-9-15-30(27)24-39(36)42-3;3*1-2;/h4-15,19-24,31-33H,16-18H2;3*1H;/q;3*-1;. The molecule has 0 heterocycles. The molecule has 0 unspecified atom stereocenters. The van der Waals surface area contributed by atoms with Gasteiger partial charge in [-0.2, -0.15) is 0 Å².